The molecule has 1 aromatic rings. The summed E-state index contributed by atoms with van der Waals surface area (Å²) in [6.07, 6.45) is 0.891. The normalized spacial score (nSPS) is 42.0. The van der Waals surface area contributed by atoms with E-state index in [1.807, 2.05) is 18.2 Å². The predicted octanol–water partition coefficient (Wildman–Crippen LogP) is 0.931. The molecule has 3 aliphatic rings. The summed E-state index contributed by atoms with van der Waals surface area (Å²) in [7, 11) is 1.70. The van der Waals surface area contributed by atoms with E-state index in [0.717, 1.165) is 5.56 Å². The number of hydrogen-bond acceptors (Lipinski definition) is 5. The van der Waals surface area contributed by atoms with Gasteiger partial charge in [-0.15, -0.1) is 0 Å². The first-order chi connectivity index (χ1) is 11.0. The van der Waals surface area contributed by atoms with E-state index in [0.29, 0.717) is 12.8 Å². The number of carbonyl (C=O) groups is 1. The maximum Gasteiger partial charge on any atom is 0.316 e. The lowest BCUT2D eigenvalue weighted by Gasteiger charge is -2.51. The summed E-state index contributed by atoms with van der Waals surface area (Å²) < 4.78 is 10.9. The molecule has 1 aromatic carbocycles. The third-order valence-corrected chi connectivity index (χ3v) is 5.60. The summed E-state index contributed by atoms with van der Waals surface area (Å²) in [5.41, 5.74) is 0.745. The molecule has 4 rings (SSSR count). The number of ether oxygens (including phenoxy) is 2. The van der Waals surface area contributed by atoms with Crippen molar-refractivity contribution in [2.45, 2.75) is 49.2 Å². The van der Waals surface area contributed by atoms with Crippen molar-refractivity contribution in [3.05, 3.63) is 41.1 Å². The Kier molecular flexibility index (Phi) is 3.46. The van der Waals surface area contributed by atoms with Gasteiger partial charge in [-0.25, -0.2) is 0 Å². The van der Waals surface area contributed by atoms with Gasteiger partial charge in [0.05, 0.1) is 13.7 Å². The Morgan fingerprint density at radius 3 is 2.52 bits per heavy atom. The fraction of sp³-hybridized carbons (Fsp3) is 0.588. The molecule has 0 aliphatic carbocycles. The van der Waals surface area contributed by atoms with Crippen molar-refractivity contribution in [2.24, 2.45) is 0 Å². The molecule has 0 amide bonds. The number of fused-ring (bicyclic) bond motifs is 5. The van der Waals surface area contributed by atoms with E-state index < -0.39 is 11.9 Å². The Morgan fingerprint density at radius 1 is 1.35 bits per heavy atom. The first-order valence-electron chi connectivity index (χ1n) is 8.11. The van der Waals surface area contributed by atoms with Crippen LogP contribution in [0.5, 0.6) is 0 Å². The van der Waals surface area contributed by atoms with Gasteiger partial charge in [0.1, 0.15) is 36.3 Å². The molecule has 3 heterocycles. The highest BCUT2D eigenvalue weighted by atomic mass is 16.6. The fourth-order valence-electron chi connectivity index (χ4n) is 4.25. The molecule has 2 bridgehead atoms. The molecule has 6 nitrogen and oxygen atoms in total. The number of epoxide rings is 1. The second-order valence-corrected chi connectivity index (χ2v) is 6.94. The van der Waals surface area contributed by atoms with Crippen LogP contribution in [0.4, 0.5) is 0 Å². The van der Waals surface area contributed by atoms with Crippen LogP contribution in [0.2, 0.25) is 0 Å². The number of benzene rings is 1. The van der Waals surface area contributed by atoms with Gasteiger partial charge in [-0.1, -0.05) is 30.3 Å². The predicted molar refractivity (Wildman–Crippen MR) is 81.2 cm³/mol. The Morgan fingerprint density at radius 2 is 1.96 bits per heavy atom. The van der Waals surface area contributed by atoms with Crippen LogP contribution in [-0.4, -0.2) is 59.8 Å². The number of likely N-dealkylation sites (N-methyl/N-ethyl adjacent to an activating group) is 1. The highest BCUT2D eigenvalue weighted by Crippen LogP contribution is 2.52. The minimum Gasteiger partial charge on any atom is -0.632 e. The Hall–Kier alpha value is -1.47. The van der Waals surface area contributed by atoms with Crippen molar-refractivity contribution in [1.29, 1.82) is 0 Å². The lowest BCUT2D eigenvalue weighted by molar-refractivity contribution is -0.911. The highest BCUT2D eigenvalue weighted by molar-refractivity contribution is 5.78. The Labute approximate surface area is 134 Å². The Bertz CT molecular complexity index is 584. The average molecular weight is 319 g/mol. The van der Waals surface area contributed by atoms with Gasteiger partial charge in [-0.2, -0.15) is 0 Å². The third-order valence-electron chi connectivity index (χ3n) is 5.60. The molecule has 3 saturated heterocycles. The van der Waals surface area contributed by atoms with Gasteiger partial charge < -0.3 is 24.4 Å². The number of aliphatic hydroxyl groups excluding tert-OH is 1. The molecule has 3 fully saturated rings. The number of hydroxylamine groups is 3. The zero-order valence-electron chi connectivity index (χ0n) is 13.0. The smallest absolute Gasteiger partial charge is 0.316 e. The van der Waals surface area contributed by atoms with Crippen LogP contribution in [0.15, 0.2) is 30.3 Å². The van der Waals surface area contributed by atoms with Crippen molar-refractivity contribution in [2.75, 3.05) is 13.7 Å². The Balaban J connectivity index is 1.44. The molecule has 3 aliphatic heterocycles. The van der Waals surface area contributed by atoms with E-state index in [1.54, 1.807) is 19.2 Å². The second-order valence-electron chi connectivity index (χ2n) is 6.94. The largest absolute Gasteiger partial charge is 0.632 e. The minimum absolute atomic E-state index is 0.0361. The number of quaternary nitrogens is 1. The van der Waals surface area contributed by atoms with Crippen molar-refractivity contribution in [3.63, 3.8) is 0 Å². The number of aliphatic hydroxyl groups is 1. The quantitative estimate of drug-likeness (QED) is 0.386. The topological polar surface area (TPSA) is 82.1 Å². The highest BCUT2D eigenvalue weighted by Gasteiger charge is 2.69. The van der Waals surface area contributed by atoms with Gasteiger partial charge in [-0.3, -0.25) is 4.79 Å². The summed E-state index contributed by atoms with van der Waals surface area (Å²) in [5.74, 6) is -1.09. The molecule has 5 unspecified atom stereocenters. The molecule has 0 spiro atoms. The molecule has 7 atom stereocenters. The summed E-state index contributed by atoms with van der Waals surface area (Å²) >= 11 is 0. The van der Waals surface area contributed by atoms with Crippen LogP contribution < -0.4 is 0 Å². The van der Waals surface area contributed by atoms with Crippen LogP contribution in [0.3, 0.4) is 0 Å². The van der Waals surface area contributed by atoms with E-state index >= 15 is 0 Å². The number of hydrogen-bond donors (Lipinski definition) is 1. The van der Waals surface area contributed by atoms with Gasteiger partial charge in [-0.05, 0) is 5.56 Å². The van der Waals surface area contributed by atoms with Crippen LogP contribution in [0, 0.1) is 5.21 Å². The number of morpholine rings is 1. The van der Waals surface area contributed by atoms with Gasteiger partial charge in [0, 0.05) is 12.8 Å². The maximum atomic E-state index is 12.6. The zero-order chi connectivity index (χ0) is 16.2. The number of esters is 1. The monoisotopic (exact) mass is 319 g/mol. The molecule has 23 heavy (non-hydrogen) atoms. The third kappa shape index (κ3) is 2.37. The van der Waals surface area contributed by atoms with Crippen LogP contribution >= 0.6 is 0 Å². The van der Waals surface area contributed by atoms with E-state index in [1.165, 1.54) is 0 Å². The van der Waals surface area contributed by atoms with E-state index in [4.69, 9.17) is 9.47 Å². The van der Waals surface area contributed by atoms with Gasteiger partial charge in [0.15, 0.2) is 0 Å². The molecular weight excluding hydrogens is 298 g/mol. The number of carbonyl (C=O) groups excluding carboxylic acids is 1. The van der Waals surface area contributed by atoms with E-state index in [-0.39, 0.29) is 41.6 Å². The SMILES string of the molecule is C[N+]1([O-])C2CC(OC(=O)C(CO)c3ccccc3)CC1[C@@H]1O[C@H]21. The van der Waals surface area contributed by atoms with Crippen LogP contribution in [0.25, 0.3) is 0 Å². The zero-order valence-corrected chi connectivity index (χ0v) is 13.0. The minimum atomic E-state index is -0.672. The molecule has 0 aromatic heterocycles. The summed E-state index contributed by atoms with van der Waals surface area (Å²) in [5, 5.41) is 22.2. The van der Waals surface area contributed by atoms with Crippen molar-refractivity contribution in [1.82, 2.24) is 0 Å². The van der Waals surface area contributed by atoms with Gasteiger partial charge >= 0.3 is 5.97 Å². The van der Waals surface area contributed by atoms with Gasteiger partial charge in [0.25, 0.3) is 0 Å². The second kappa shape index (κ2) is 5.27. The first kappa shape index (κ1) is 15.1. The lowest BCUT2D eigenvalue weighted by atomic mass is 9.97. The van der Waals surface area contributed by atoms with E-state index in [9.17, 15) is 15.1 Å². The number of nitrogens with zero attached hydrogens (tertiary/aromatic N) is 1. The van der Waals surface area contributed by atoms with E-state index in [2.05, 4.69) is 0 Å². The molecule has 6 heteroatoms. The number of piperidine rings is 1. The molecule has 0 radical (unpaired) electrons. The molecule has 0 saturated carbocycles. The van der Waals surface area contributed by atoms with Gasteiger partial charge in [0.2, 0.25) is 0 Å². The summed E-state index contributed by atoms with van der Waals surface area (Å²) in [6, 6.07) is 8.86. The standard InChI is InChI=1S/C17H21NO5/c1-18(21)13-7-11(8-14(18)16-15(13)23-16)22-17(20)12(9-19)10-5-3-2-4-6-10/h2-6,11-16,19H,7-9H2,1H3/t11?,12?,13?,14?,15-,16+,18?. The average Bonchev–Trinajstić information content (AvgIpc) is 3.27. The summed E-state index contributed by atoms with van der Waals surface area (Å²) in [4.78, 5) is 12.4. The van der Waals surface area contributed by atoms with Crippen molar-refractivity contribution >= 4 is 5.97 Å². The fourth-order valence-corrected chi connectivity index (χ4v) is 4.25. The molecule has 1 N–H and O–H groups in total. The first-order valence-corrected chi connectivity index (χ1v) is 8.11. The molecule has 124 valence electrons. The van der Waals surface area contributed by atoms with Crippen LogP contribution in [-0.2, 0) is 14.3 Å². The maximum absolute atomic E-state index is 12.6. The van der Waals surface area contributed by atoms with Crippen LogP contribution in [0.1, 0.15) is 24.3 Å². The summed E-state index contributed by atoms with van der Waals surface area (Å²) in [6.45, 7) is -0.286. The molecular formula is C17H21NO5. The number of rotatable bonds is 4. The lowest BCUT2D eigenvalue weighted by Crippen LogP contribution is -2.58. The van der Waals surface area contributed by atoms with Crippen molar-refractivity contribution < 1.29 is 24.0 Å². The van der Waals surface area contributed by atoms with Crippen molar-refractivity contribution in [3.8, 4) is 0 Å².